The molecule has 3 aliphatic heterocycles. The van der Waals surface area contributed by atoms with Crippen LogP contribution in [-0.2, 0) is 29.0 Å². The highest BCUT2D eigenvalue weighted by molar-refractivity contribution is 5.99. The second-order valence-corrected chi connectivity index (χ2v) is 11.8. The van der Waals surface area contributed by atoms with Crippen LogP contribution in [0.15, 0.2) is 79.3 Å². The number of pyridine rings is 2. The summed E-state index contributed by atoms with van der Waals surface area (Å²) in [7, 11) is 0. The fourth-order valence-corrected chi connectivity index (χ4v) is 5.97. The number of benzene rings is 1. The minimum atomic E-state index is -0.832. The molecule has 0 unspecified atom stereocenters. The summed E-state index contributed by atoms with van der Waals surface area (Å²) in [5.41, 5.74) is 2.99. The molecule has 12 nitrogen and oxygen atoms in total. The van der Waals surface area contributed by atoms with Crippen LogP contribution in [0.25, 0.3) is 0 Å². The molecule has 0 aliphatic carbocycles. The molecule has 3 aromatic heterocycles. The van der Waals surface area contributed by atoms with Gasteiger partial charge in [0, 0.05) is 57.7 Å². The molecule has 1 saturated heterocycles. The van der Waals surface area contributed by atoms with Crippen LogP contribution in [0.2, 0.25) is 0 Å². The van der Waals surface area contributed by atoms with Crippen LogP contribution < -0.4 is 10.1 Å². The molecule has 1 aromatic carbocycles. The van der Waals surface area contributed by atoms with Crippen LogP contribution >= 0.6 is 0 Å². The molecule has 2 amide bonds. The molecule has 2 bridgehead atoms. The van der Waals surface area contributed by atoms with Crippen LogP contribution in [0.4, 0.5) is 0 Å². The maximum atomic E-state index is 14.0. The van der Waals surface area contributed by atoms with Crippen molar-refractivity contribution in [3.05, 3.63) is 102 Å². The van der Waals surface area contributed by atoms with Crippen molar-refractivity contribution < 1.29 is 19.1 Å². The highest BCUT2D eigenvalue weighted by Gasteiger charge is 2.32. The summed E-state index contributed by atoms with van der Waals surface area (Å²) in [6, 6.07) is 18.5. The number of rotatable bonds is 6. The molecule has 1 N–H and O–H groups in total. The van der Waals surface area contributed by atoms with Gasteiger partial charge in [-0.1, -0.05) is 41.6 Å². The minimum Gasteiger partial charge on any atom is -0.475 e. The van der Waals surface area contributed by atoms with Crippen molar-refractivity contribution in [2.24, 2.45) is 5.92 Å². The number of ether oxygens (including phenoxy) is 2. The lowest BCUT2D eigenvalue weighted by Gasteiger charge is -2.36. The first kappa shape index (κ1) is 31.3. The van der Waals surface area contributed by atoms with Crippen LogP contribution in [0.1, 0.15) is 40.2 Å². The van der Waals surface area contributed by atoms with E-state index in [-0.39, 0.29) is 30.4 Å². The largest absolute Gasteiger partial charge is 0.475 e. The number of hydrogen-bond acceptors (Lipinski definition) is 9. The number of carbonyl (C=O) groups excluding carboxylic acids is 2. The summed E-state index contributed by atoms with van der Waals surface area (Å²) in [5.74, 6) is 0.0667. The van der Waals surface area contributed by atoms with Gasteiger partial charge in [-0.3, -0.25) is 19.5 Å². The van der Waals surface area contributed by atoms with Crippen LogP contribution in [0.3, 0.4) is 0 Å². The Morgan fingerprint density at radius 2 is 1.65 bits per heavy atom. The molecule has 12 heteroatoms. The maximum absolute atomic E-state index is 14.0. The molecule has 0 saturated carbocycles. The van der Waals surface area contributed by atoms with Gasteiger partial charge in [-0.05, 0) is 48.6 Å². The van der Waals surface area contributed by atoms with Crippen LogP contribution in [-0.4, -0.2) is 98.6 Å². The van der Waals surface area contributed by atoms with Gasteiger partial charge in [-0.15, -0.1) is 5.10 Å². The predicted octanol–water partition coefficient (Wildman–Crippen LogP) is 2.61. The number of hydrogen-bond donors (Lipinski definition) is 1. The summed E-state index contributed by atoms with van der Waals surface area (Å²) in [6.45, 7) is 5.30. The highest BCUT2D eigenvalue weighted by Crippen LogP contribution is 2.22. The fourth-order valence-electron chi connectivity index (χ4n) is 5.97. The van der Waals surface area contributed by atoms with Gasteiger partial charge < -0.3 is 19.7 Å². The number of piperidine rings is 1. The first-order valence-corrected chi connectivity index (χ1v) is 15.9. The topological polar surface area (TPSA) is 128 Å². The molecule has 3 aliphatic rings. The van der Waals surface area contributed by atoms with Crippen molar-refractivity contribution in [1.82, 2.24) is 40.1 Å². The summed E-state index contributed by atoms with van der Waals surface area (Å²) in [5, 5.41) is 11.6. The Morgan fingerprint density at radius 1 is 0.826 bits per heavy atom. The Bertz CT molecular complexity index is 1560. The number of nitrogens with one attached hydrogen (secondary N) is 1. The van der Waals surface area contributed by atoms with E-state index in [0.717, 1.165) is 43.7 Å². The maximum Gasteiger partial charge on any atom is 0.257 e. The Morgan fingerprint density at radius 3 is 2.48 bits per heavy atom. The highest BCUT2D eigenvalue weighted by atomic mass is 16.5. The Balaban J connectivity index is 1.20. The molecule has 0 radical (unpaired) electrons. The molecule has 0 spiro atoms. The summed E-state index contributed by atoms with van der Waals surface area (Å²) < 4.78 is 13.5. The molecule has 46 heavy (non-hydrogen) atoms. The number of aromatic nitrogens is 5. The molecule has 4 aromatic rings. The van der Waals surface area contributed by atoms with E-state index in [1.54, 1.807) is 23.0 Å². The molecule has 7 rings (SSSR count). The first-order chi connectivity index (χ1) is 22.6. The van der Waals surface area contributed by atoms with Crippen molar-refractivity contribution in [3.8, 4) is 5.88 Å². The van der Waals surface area contributed by atoms with Crippen molar-refractivity contribution >= 4 is 11.8 Å². The van der Waals surface area contributed by atoms with E-state index in [2.05, 4.69) is 30.5 Å². The SMILES string of the molecule is O=C1N[C@H](Cc2cn(Cc3ccccc3)nn2)C(=O)N2CCC(CC2)CN(Cc2ccccn2)CCOCCOc2ncccc21. The fraction of sp³-hybridized carbons (Fsp3) is 0.412. The Labute approximate surface area is 268 Å². The van der Waals surface area contributed by atoms with E-state index in [1.165, 1.54) is 0 Å². The second-order valence-electron chi connectivity index (χ2n) is 11.8. The molecule has 240 valence electrons. The second kappa shape index (κ2) is 15.5. The molecular formula is C34H40N8O4. The zero-order chi connectivity index (χ0) is 31.6. The minimum absolute atomic E-state index is 0.129. The van der Waals surface area contributed by atoms with Gasteiger partial charge in [0.1, 0.15) is 18.2 Å². The summed E-state index contributed by atoms with van der Waals surface area (Å²) in [6.07, 6.45) is 7.19. The normalized spacial score (nSPS) is 20.3. The molecule has 1 atom stereocenters. The van der Waals surface area contributed by atoms with Gasteiger partial charge in [0.15, 0.2) is 0 Å². The van der Waals surface area contributed by atoms with E-state index in [1.807, 2.05) is 65.8 Å². The predicted molar refractivity (Wildman–Crippen MR) is 170 cm³/mol. The van der Waals surface area contributed by atoms with Gasteiger partial charge in [0.05, 0.1) is 31.1 Å². The lowest BCUT2D eigenvalue weighted by atomic mass is 9.95. The lowest BCUT2D eigenvalue weighted by molar-refractivity contribution is -0.134. The number of fused-ring (bicyclic) bond motifs is 12. The molecule has 1 fully saturated rings. The van der Waals surface area contributed by atoms with Gasteiger partial charge in [-0.25, -0.2) is 9.67 Å². The van der Waals surface area contributed by atoms with E-state index >= 15 is 0 Å². The quantitative estimate of drug-likeness (QED) is 0.322. The first-order valence-electron chi connectivity index (χ1n) is 15.9. The van der Waals surface area contributed by atoms with Crippen molar-refractivity contribution in [2.75, 3.05) is 46.0 Å². The van der Waals surface area contributed by atoms with E-state index in [0.29, 0.717) is 44.5 Å². The van der Waals surface area contributed by atoms with Crippen molar-refractivity contribution in [2.45, 2.75) is 38.4 Å². The van der Waals surface area contributed by atoms with E-state index in [9.17, 15) is 9.59 Å². The molecule has 6 heterocycles. The van der Waals surface area contributed by atoms with Gasteiger partial charge >= 0.3 is 0 Å². The third-order valence-electron chi connectivity index (χ3n) is 8.38. The Kier molecular flexibility index (Phi) is 10.6. The van der Waals surface area contributed by atoms with Crippen molar-refractivity contribution in [1.29, 1.82) is 0 Å². The zero-order valence-electron chi connectivity index (χ0n) is 25.9. The van der Waals surface area contributed by atoms with E-state index in [4.69, 9.17) is 9.47 Å². The van der Waals surface area contributed by atoms with Crippen LogP contribution in [0, 0.1) is 5.92 Å². The number of nitrogens with zero attached hydrogens (tertiary/aromatic N) is 7. The Hall–Kier alpha value is -4.68. The monoisotopic (exact) mass is 624 g/mol. The van der Waals surface area contributed by atoms with Crippen LogP contribution in [0.5, 0.6) is 5.88 Å². The molecular weight excluding hydrogens is 584 g/mol. The van der Waals surface area contributed by atoms with Gasteiger partial charge in [0.25, 0.3) is 5.91 Å². The average molecular weight is 625 g/mol. The third kappa shape index (κ3) is 8.52. The van der Waals surface area contributed by atoms with Gasteiger partial charge in [-0.2, -0.15) is 0 Å². The van der Waals surface area contributed by atoms with Gasteiger partial charge in [0.2, 0.25) is 11.8 Å². The number of amides is 2. The number of carbonyl (C=O) groups is 2. The average Bonchev–Trinajstić information content (AvgIpc) is 3.53. The standard InChI is InChI=1S/C34H40N8O4/c43-32-30-10-6-14-36-33(30)46-20-19-45-18-17-40(24-28-9-4-5-13-35-28)22-27-11-15-41(16-12-27)34(44)31(37-32)21-29-25-42(39-38-29)23-26-7-2-1-3-8-26/h1-10,13-14,25,27,31H,11-12,15-24H2,(H,37,43)/t31-/m1/s1. The summed E-state index contributed by atoms with van der Waals surface area (Å²) >= 11 is 0. The summed E-state index contributed by atoms with van der Waals surface area (Å²) in [4.78, 5) is 40.7. The smallest absolute Gasteiger partial charge is 0.257 e. The lowest BCUT2D eigenvalue weighted by Crippen LogP contribution is -2.52. The zero-order valence-corrected chi connectivity index (χ0v) is 25.9. The third-order valence-corrected chi connectivity index (χ3v) is 8.38. The van der Waals surface area contributed by atoms with E-state index < -0.39 is 11.9 Å². The van der Waals surface area contributed by atoms with Crippen molar-refractivity contribution in [3.63, 3.8) is 0 Å².